The minimum atomic E-state index is -0.557. The Hall–Kier alpha value is -2.84. The fraction of sp³-hybridized carbons (Fsp3) is 0.111. The molecule has 0 amide bonds. The van der Waals surface area contributed by atoms with Crippen molar-refractivity contribution in [1.29, 1.82) is 0 Å². The van der Waals surface area contributed by atoms with Crippen molar-refractivity contribution in [2.24, 2.45) is 21.7 Å². The second-order valence-corrected chi connectivity index (χ2v) is 3.29. The fourth-order valence-corrected chi connectivity index (χ4v) is 1.37. The predicted molar refractivity (Wildman–Crippen MR) is 62.6 cm³/mol. The van der Waals surface area contributed by atoms with Crippen molar-refractivity contribution in [3.05, 3.63) is 27.8 Å². The van der Waals surface area contributed by atoms with E-state index >= 15 is 0 Å². The first-order valence-corrected chi connectivity index (χ1v) is 4.78. The van der Waals surface area contributed by atoms with Crippen molar-refractivity contribution in [2.75, 3.05) is 6.79 Å². The summed E-state index contributed by atoms with van der Waals surface area (Å²) in [4.78, 5) is 10.3. The molecule has 4 N–H and O–H groups in total. The fourth-order valence-electron chi connectivity index (χ4n) is 1.37. The van der Waals surface area contributed by atoms with Gasteiger partial charge in [-0.3, -0.25) is 10.1 Å². The zero-order valence-electron chi connectivity index (χ0n) is 9.07. The number of ether oxygens (including phenoxy) is 2. The van der Waals surface area contributed by atoms with Crippen LogP contribution in [0.1, 0.15) is 5.56 Å². The maximum atomic E-state index is 10.9. The SMILES string of the molecule is NC(N)=N/N=C\c1cc2c(cc1[N+](=O)[O-])OCO2. The van der Waals surface area contributed by atoms with Crippen LogP contribution in [0.15, 0.2) is 22.3 Å². The van der Waals surface area contributed by atoms with E-state index < -0.39 is 4.92 Å². The van der Waals surface area contributed by atoms with Gasteiger partial charge in [0.05, 0.1) is 22.8 Å². The van der Waals surface area contributed by atoms with Gasteiger partial charge in [0, 0.05) is 0 Å². The third-order valence-electron chi connectivity index (χ3n) is 2.09. The van der Waals surface area contributed by atoms with E-state index in [4.69, 9.17) is 20.9 Å². The Labute approximate surface area is 101 Å². The van der Waals surface area contributed by atoms with Crippen LogP contribution in [0.25, 0.3) is 0 Å². The van der Waals surface area contributed by atoms with E-state index in [0.29, 0.717) is 11.5 Å². The number of benzene rings is 1. The van der Waals surface area contributed by atoms with Crippen LogP contribution in [-0.2, 0) is 0 Å². The number of fused-ring (bicyclic) bond motifs is 1. The quantitative estimate of drug-likeness (QED) is 0.333. The van der Waals surface area contributed by atoms with Crippen LogP contribution in [0.3, 0.4) is 0 Å². The van der Waals surface area contributed by atoms with Gasteiger partial charge in [-0.1, -0.05) is 0 Å². The van der Waals surface area contributed by atoms with Crippen molar-refractivity contribution >= 4 is 17.9 Å². The molecule has 2 rings (SSSR count). The largest absolute Gasteiger partial charge is 0.454 e. The molecule has 9 nitrogen and oxygen atoms in total. The summed E-state index contributed by atoms with van der Waals surface area (Å²) in [7, 11) is 0. The third-order valence-corrected chi connectivity index (χ3v) is 2.09. The maximum absolute atomic E-state index is 10.9. The van der Waals surface area contributed by atoms with Gasteiger partial charge in [0.2, 0.25) is 12.8 Å². The lowest BCUT2D eigenvalue weighted by Crippen LogP contribution is -2.21. The molecule has 1 aliphatic rings. The Morgan fingerprint density at radius 2 is 2.06 bits per heavy atom. The lowest BCUT2D eigenvalue weighted by molar-refractivity contribution is -0.385. The van der Waals surface area contributed by atoms with E-state index in [1.165, 1.54) is 18.3 Å². The number of guanidine groups is 1. The average Bonchev–Trinajstić information content (AvgIpc) is 2.74. The molecule has 0 radical (unpaired) electrons. The molecule has 0 bridgehead atoms. The highest BCUT2D eigenvalue weighted by Crippen LogP contribution is 2.37. The van der Waals surface area contributed by atoms with Crippen molar-refractivity contribution in [1.82, 2.24) is 0 Å². The van der Waals surface area contributed by atoms with Gasteiger partial charge in [-0.15, -0.1) is 5.10 Å². The number of nitrogens with zero attached hydrogens (tertiary/aromatic N) is 3. The molecule has 0 aromatic heterocycles. The molecule has 0 fully saturated rings. The van der Waals surface area contributed by atoms with Crippen LogP contribution < -0.4 is 20.9 Å². The summed E-state index contributed by atoms with van der Waals surface area (Å²) in [5.74, 6) is 0.488. The van der Waals surface area contributed by atoms with E-state index in [2.05, 4.69) is 10.2 Å². The molecule has 18 heavy (non-hydrogen) atoms. The molecule has 1 aliphatic heterocycles. The molecule has 1 aromatic carbocycles. The first-order valence-electron chi connectivity index (χ1n) is 4.78. The van der Waals surface area contributed by atoms with Crippen LogP contribution in [0.2, 0.25) is 0 Å². The second-order valence-electron chi connectivity index (χ2n) is 3.29. The summed E-state index contributed by atoms with van der Waals surface area (Å²) in [5.41, 5.74) is 10.2. The molecular weight excluding hydrogens is 242 g/mol. The highest BCUT2D eigenvalue weighted by atomic mass is 16.7. The zero-order chi connectivity index (χ0) is 13.1. The number of nitro benzene ring substituents is 1. The van der Waals surface area contributed by atoms with Crippen molar-refractivity contribution in [3.63, 3.8) is 0 Å². The molecule has 0 unspecified atom stereocenters. The second kappa shape index (κ2) is 4.57. The summed E-state index contributed by atoms with van der Waals surface area (Å²) in [6, 6.07) is 2.70. The van der Waals surface area contributed by atoms with Crippen LogP contribution in [0, 0.1) is 10.1 Å². The lowest BCUT2D eigenvalue weighted by atomic mass is 10.1. The Morgan fingerprint density at radius 3 is 2.67 bits per heavy atom. The standard InChI is InChI=1S/C9H9N5O4/c10-9(11)13-12-3-5-1-7-8(18-4-17-7)2-6(5)14(15)16/h1-3H,4H2,(H4,10,11,13)/b12-3-. The molecule has 0 aliphatic carbocycles. The van der Waals surface area contributed by atoms with Gasteiger partial charge in [0.15, 0.2) is 11.5 Å². The van der Waals surface area contributed by atoms with Crippen molar-refractivity contribution in [3.8, 4) is 11.5 Å². The van der Waals surface area contributed by atoms with E-state index in [-0.39, 0.29) is 24.0 Å². The van der Waals surface area contributed by atoms with Gasteiger partial charge in [-0.05, 0) is 6.07 Å². The zero-order valence-corrected chi connectivity index (χ0v) is 9.07. The molecule has 94 valence electrons. The summed E-state index contributed by atoms with van der Waals surface area (Å²) in [5, 5.41) is 17.8. The van der Waals surface area contributed by atoms with Gasteiger partial charge in [0.1, 0.15) is 0 Å². The number of rotatable bonds is 3. The number of nitrogens with two attached hydrogens (primary N) is 2. The minimum Gasteiger partial charge on any atom is -0.454 e. The summed E-state index contributed by atoms with van der Waals surface area (Å²) >= 11 is 0. The number of hydrogen-bond acceptors (Lipinski definition) is 6. The number of nitro groups is 1. The van der Waals surface area contributed by atoms with Gasteiger partial charge < -0.3 is 20.9 Å². The Bertz CT molecular complexity index is 550. The highest BCUT2D eigenvalue weighted by molar-refractivity contribution is 5.87. The van der Waals surface area contributed by atoms with Crippen LogP contribution in [0.5, 0.6) is 11.5 Å². The normalized spacial score (nSPS) is 12.7. The topological polar surface area (TPSA) is 138 Å². The third kappa shape index (κ3) is 2.29. The lowest BCUT2D eigenvalue weighted by Gasteiger charge is -1.99. The maximum Gasteiger partial charge on any atom is 0.282 e. The van der Waals surface area contributed by atoms with Crippen LogP contribution in [0.4, 0.5) is 5.69 Å². The first-order chi connectivity index (χ1) is 8.58. The highest BCUT2D eigenvalue weighted by Gasteiger charge is 2.22. The van der Waals surface area contributed by atoms with Gasteiger partial charge in [0.25, 0.3) is 5.69 Å². The van der Waals surface area contributed by atoms with E-state index in [0.717, 1.165) is 0 Å². The van der Waals surface area contributed by atoms with Gasteiger partial charge in [-0.25, -0.2) is 0 Å². The summed E-state index contributed by atoms with van der Waals surface area (Å²) in [6.07, 6.45) is 1.17. The minimum absolute atomic E-state index is 0.0288. The molecule has 0 atom stereocenters. The van der Waals surface area contributed by atoms with Crippen molar-refractivity contribution in [2.45, 2.75) is 0 Å². The predicted octanol–water partition coefficient (Wildman–Crippen LogP) is -0.0692. The number of hydrogen-bond donors (Lipinski definition) is 2. The Kier molecular flexibility index (Phi) is 2.96. The van der Waals surface area contributed by atoms with Crippen molar-refractivity contribution < 1.29 is 14.4 Å². The smallest absolute Gasteiger partial charge is 0.282 e. The van der Waals surface area contributed by atoms with Gasteiger partial charge in [-0.2, -0.15) is 5.10 Å². The monoisotopic (exact) mass is 251 g/mol. The van der Waals surface area contributed by atoms with Gasteiger partial charge >= 0.3 is 0 Å². The molecule has 1 aromatic rings. The van der Waals surface area contributed by atoms with E-state index in [1.54, 1.807) is 0 Å². The summed E-state index contributed by atoms with van der Waals surface area (Å²) in [6.45, 7) is 0.0288. The van der Waals surface area contributed by atoms with Crippen LogP contribution in [-0.4, -0.2) is 23.9 Å². The van der Waals surface area contributed by atoms with E-state index in [9.17, 15) is 10.1 Å². The Morgan fingerprint density at radius 1 is 1.39 bits per heavy atom. The molecular formula is C9H9N5O4. The first kappa shape index (κ1) is 11.6. The molecule has 0 spiro atoms. The average molecular weight is 251 g/mol. The molecule has 9 heteroatoms. The Balaban J connectivity index is 2.42. The van der Waals surface area contributed by atoms with E-state index in [1.807, 2.05) is 0 Å². The molecule has 0 saturated carbocycles. The molecule has 1 heterocycles. The van der Waals surface area contributed by atoms with Crippen LogP contribution >= 0.6 is 0 Å². The summed E-state index contributed by atoms with van der Waals surface area (Å²) < 4.78 is 10.2. The molecule has 0 saturated heterocycles.